The Balaban J connectivity index is 1.54. The molecule has 2 heteroatoms. The van der Waals surface area contributed by atoms with Crippen molar-refractivity contribution in [2.75, 3.05) is 0 Å². The predicted molar refractivity (Wildman–Crippen MR) is 60.5 cm³/mol. The third-order valence-electron chi connectivity index (χ3n) is 3.90. The molecule has 2 atom stereocenters. The third kappa shape index (κ3) is 1.41. The lowest BCUT2D eigenvalue weighted by Crippen LogP contribution is -2.20. The van der Waals surface area contributed by atoms with Crippen molar-refractivity contribution in [1.29, 1.82) is 0 Å². The van der Waals surface area contributed by atoms with Gasteiger partial charge in [0.05, 0.1) is 0 Å². The van der Waals surface area contributed by atoms with E-state index < -0.39 is 0 Å². The van der Waals surface area contributed by atoms with Crippen molar-refractivity contribution >= 4 is 11.3 Å². The first kappa shape index (κ1) is 8.93. The van der Waals surface area contributed by atoms with E-state index in [1.807, 2.05) is 11.3 Å². The van der Waals surface area contributed by atoms with Gasteiger partial charge in [-0.05, 0) is 48.6 Å². The molecular weight excluding hydrogens is 190 g/mol. The minimum absolute atomic E-state index is 0.864. The number of thiophene rings is 1. The molecule has 2 aliphatic rings. The van der Waals surface area contributed by atoms with Gasteiger partial charge in [-0.15, -0.1) is 11.3 Å². The average molecular weight is 207 g/mol. The van der Waals surface area contributed by atoms with Crippen LogP contribution in [0.5, 0.6) is 0 Å². The molecule has 3 rings (SSSR count). The normalized spacial score (nSPS) is 34.5. The third-order valence-corrected chi connectivity index (χ3v) is 4.79. The Labute approximate surface area is 89.5 Å². The minimum Gasteiger partial charge on any atom is -0.309 e. The monoisotopic (exact) mass is 207 g/mol. The van der Waals surface area contributed by atoms with Crippen LogP contribution in [-0.4, -0.2) is 6.04 Å². The smallest absolute Gasteiger partial charge is 0.0219 e. The number of aryl methyl sites for hydroxylation is 1. The SMILES string of the molecule is Cc1sccc1CNC1C2CCCC21. The molecule has 2 fully saturated rings. The van der Waals surface area contributed by atoms with Gasteiger partial charge in [0.2, 0.25) is 0 Å². The summed E-state index contributed by atoms with van der Waals surface area (Å²) in [6.45, 7) is 3.31. The fourth-order valence-corrected chi connectivity index (χ4v) is 3.67. The van der Waals surface area contributed by atoms with E-state index in [0.29, 0.717) is 0 Å². The molecule has 0 aromatic carbocycles. The van der Waals surface area contributed by atoms with Gasteiger partial charge in [-0.25, -0.2) is 0 Å². The van der Waals surface area contributed by atoms with Gasteiger partial charge in [0.25, 0.3) is 0 Å². The standard InChI is InChI=1S/C12H17NS/c1-8-9(5-6-14-8)7-13-12-10-3-2-4-11(10)12/h5-6,10-13H,2-4,7H2,1H3. The second-order valence-electron chi connectivity index (χ2n) is 4.67. The maximum absolute atomic E-state index is 3.71. The van der Waals surface area contributed by atoms with E-state index in [2.05, 4.69) is 23.7 Å². The van der Waals surface area contributed by atoms with Gasteiger partial charge in [0, 0.05) is 17.5 Å². The zero-order chi connectivity index (χ0) is 9.54. The molecule has 1 heterocycles. The number of hydrogen-bond acceptors (Lipinski definition) is 2. The first-order chi connectivity index (χ1) is 6.86. The van der Waals surface area contributed by atoms with Crippen LogP contribution in [0.1, 0.15) is 29.7 Å². The largest absolute Gasteiger partial charge is 0.309 e. The van der Waals surface area contributed by atoms with E-state index in [9.17, 15) is 0 Å². The van der Waals surface area contributed by atoms with Gasteiger partial charge in [-0.1, -0.05) is 6.42 Å². The summed E-state index contributed by atoms with van der Waals surface area (Å²) in [5, 5.41) is 5.90. The van der Waals surface area contributed by atoms with Crippen molar-refractivity contribution < 1.29 is 0 Å². The summed E-state index contributed by atoms with van der Waals surface area (Å²) in [4.78, 5) is 1.48. The Morgan fingerprint density at radius 3 is 2.86 bits per heavy atom. The molecule has 0 saturated heterocycles. The van der Waals surface area contributed by atoms with Crippen LogP contribution >= 0.6 is 11.3 Å². The van der Waals surface area contributed by atoms with E-state index in [1.165, 1.54) is 29.7 Å². The molecule has 1 aromatic heterocycles. The van der Waals surface area contributed by atoms with Crippen LogP contribution in [0.15, 0.2) is 11.4 Å². The highest BCUT2D eigenvalue weighted by atomic mass is 32.1. The number of nitrogens with one attached hydrogen (secondary N) is 1. The molecule has 0 radical (unpaired) electrons. The highest BCUT2D eigenvalue weighted by Crippen LogP contribution is 2.51. The molecule has 76 valence electrons. The summed E-state index contributed by atoms with van der Waals surface area (Å²) in [6, 6.07) is 3.12. The lowest BCUT2D eigenvalue weighted by atomic mass is 10.2. The molecule has 0 bridgehead atoms. The molecular formula is C12H17NS. The number of rotatable bonds is 3. The maximum atomic E-state index is 3.71. The van der Waals surface area contributed by atoms with E-state index in [1.54, 1.807) is 0 Å². The molecule has 1 aromatic rings. The zero-order valence-corrected chi connectivity index (χ0v) is 9.44. The van der Waals surface area contributed by atoms with Gasteiger partial charge in [-0.3, -0.25) is 0 Å². The van der Waals surface area contributed by atoms with E-state index >= 15 is 0 Å². The summed E-state index contributed by atoms with van der Waals surface area (Å²) < 4.78 is 0. The molecule has 2 unspecified atom stereocenters. The summed E-state index contributed by atoms with van der Waals surface area (Å²) >= 11 is 1.86. The molecule has 1 N–H and O–H groups in total. The van der Waals surface area contributed by atoms with E-state index in [-0.39, 0.29) is 0 Å². The lowest BCUT2D eigenvalue weighted by Gasteiger charge is -2.05. The molecule has 14 heavy (non-hydrogen) atoms. The van der Waals surface area contributed by atoms with Crippen LogP contribution in [0.25, 0.3) is 0 Å². The maximum Gasteiger partial charge on any atom is 0.0219 e. The van der Waals surface area contributed by atoms with Crippen LogP contribution in [-0.2, 0) is 6.54 Å². The van der Waals surface area contributed by atoms with Crippen LogP contribution < -0.4 is 5.32 Å². The molecule has 2 aliphatic carbocycles. The van der Waals surface area contributed by atoms with Crippen molar-refractivity contribution in [3.63, 3.8) is 0 Å². The Bertz CT molecular complexity index is 321. The van der Waals surface area contributed by atoms with Gasteiger partial charge in [-0.2, -0.15) is 0 Å². The Hall–Kier alpha value is -0.340. The van der Waals surface area contributed by atoms with Crippen LogP contribution in [0, 0.1) is 18.8 Å². The van der Waals surface area contributed by atoms with Crippen LogP contribution in [0.3, 0.4) is 0 Å². The van der Waals surface area contributed by atoms with E-state index in [0.717, 1.165) is 24.4 Å². The molecule has 0 amide bonds. The predicted octanol–water partition coefficient (Wildman–Crippen LogP) is 2.94. The van der Waals surface area contributed by atoms with Gasteiger partial charge in [0.1, 0.15) is 0 Å². The first-order valence-corrected chi connectivity index (χ1v) is 6.50. The summed E-state index contributed by atoms with van der Waals surface area (Å²) in [7, 11) is 0. The lowest BCUT2D eigenvalue weighted by molar-refractivity contribution is 0.560. The molecule has 0 aliphatic heterocycles. The molecule has 1 nitrogen and oxygen atoms in total. The Kier molecular flexibility index (Phi) is 2.14. The van der Waals surface area contributed by atoms with Crippen molar-refractivity contribution in [3.05, 3.63) is 21.9 Å². The second kappa shape index (κ2) is 3.35. The quantitative estimate of drug-likeness (QED) is 0.803. The second-order valence-corrected chi connectivity index (χ2v) is 5.79. The van der Waals surface area contributed by atoms with Crippen LogP contribution in [0.2, 0.25) is 0 Å². The number of fused-ring (bicyclic) bond motifs is 1. The average Bonchev–Trinajstić information content (AvgIpc) is 2.57. The highest BCUT2D eigenvalue weighted by Gasteiger charge is 2.51. The fourth-order valence-electron chi connectivity index (χ4n) is 2.95. The molecule has 2 saturated carbocycles. The van der Waals surface area contributed by atoms with Crippen molar-refractivity contribution in [1.82, 2.24) is 5.32 Å². The van der Waals surface area contributed by atoms with Gasteiger partial charge < -0.3 is 5.32 Å². The van der Waals surface area contributed by atoms with Gasteiger partial charge in [0.15, 0.2) is 0 Å². The summed E-state index contributed by atoms with van der Waals surface area (Å²) in [5.74, 6) is 2.07. The van der Waals surface area contributed by atoms with Crippen molar-refractivity contribution in [2.24, 2.45) is 11.8 Å². The molecule has 0 spiro atoms. The van der Waals surface area contributed by atoms with Crippen molar-refractivity contribution in [2.45, 2.75) is 38.8 Å². The number of hydrogen-bond donors (Lipinski definition) is 1. The first-order valence-electron chi connectivity index (χ1n) is 5.62. The minimum atomic E-state index is 0.864. The van der Waals surface area contributed by atoms with Crippen LogP contribution in [0.4, 0.5) is 0 Å². The Morgan fingerprint density at radius 2 is 2.21 bits per heavy atom. The highest BCUT2D eigenvalue weighted by molar-refractivity contribution is 7.10. The Morgan fingerprint density at radius 1 is 1.43 bits per heavy atom. The van der Waals surface area contributed by atoms with Gasteiger partial charge >= 0.3 is 0 Å². The zero-order valence-electron chi connectivity index (χ0n) is 8.62. The fraction of sp³-hybridized carbons (Fsp3) is 0.667. The van der Waals surface area contributed by atoms with Crippen molar-refractivity contribution in [3.8, 4) is 0 Å². The summed E-state index contributed by atoms with van der Waals surface area (Å²) in [6.07, 6.45) is 4.43. The summed E-state index contributed by atoms with van der Waals surface area (Å²) in [5.41, 5.74) is 1.50. The topological polar surface area (TPSA) is 12.0 Å². The van der Waals surface area contributed by atoms with E-state index in [4.69, 9.17) is 0 Å².